The Kier molecular flexibility index (Phi) is 3.96. The number of nitrogens with zero attached hydrogens (tertiary/aromatic N) is 1. The van der Waals surface area contributed by atoms with Crippen LogP contribution in [0.15, 0.2) is 24.3 Å². The first-order valence-corrected chi connectivity index (χ1v) is 7.03. The van der Waals surface area contributed by atoms with Crippen LogP contribution in [0.25, 0.3) is 0 Å². The average Bonchev–Trinajstić information content (AvgIpc) is 2.53. The molecule has 1 saturated heterocycles. The van der Waals surface area contributed by atoms with Gasteiger partial charge in [-0.2, -0.15) is 0 Å². The van der Waals surface area contributed by atoms with Crippen molar-refractivity contribution in [2.45, 2.75) is 33.1 Å². The van der Waals surface area contributed by atoms with Gasteiger partial charge >= 0.3 is 0 Å². The predicted molar refractivity (Wildman–Crippen MR) is 79.4 cm³/mol. The van der Waals surface area contributed by atoms with Gasteiger partial charge < -0.3 is 10.2 Å². The van der Waals surface area contributed by atoms with Gasteiger partial charge in [-0.3, -0.25) is 0 Å². The molecule has 100 valence electrons. The second-order valence-corrected chi connectivity index (χ2v) is 6.52. The molecule has 0 bridgehead atoms. The van der Waals surface area contributed by atoms with E-state index < -0.39 is 0 Å². The fourth-order valence-electron chi connectivity index (χ4n) is 2.70. The lowest BCUT2D eigenvalue weighted by atomic mass is 9.85. The number of nitrogens with one attached hydrogen (secondary N) is 1. The molecular weight excluding hydrogens is 220 g/mol. The van der Waals surface area contributed by atoms with E-state index in [-0.39, 0.29) is 5.41 Å². The van der Waals surface area contributed by atoms with Crippen molar-refractivity contribution < 1.29 is 0 Å². The Hall–Kier alpha value is -1.02. The van der Waals surface area contributed by atoms with Gasteiger partial charge in [-0.05, 0) is 29.5 Å². The van der Waals surface area contributed by atoms with Crippen LogP contribution in [0.4, 0.5) is 5.69 Å². The number of para-hydroxylation sites is 1. The van der Waals surface area contributed by atoms with Gasteiger partial charge in [0, 0.05) is 25.3 Å². The molecule has 18 heavy (non-hydrogen) atoms. The Morgan fingerprint density at radius 2 is 1.94 bits per heavy atom. The molecule has 1 atom stereocenters. The Morgan fingerprint density at radius 1 is 1.22 bits per heavy atom. The molecule has 2 nitrogen and oxygen atoms in total. The lowest BCUT2D eigenvalue weighted by molar-refractivity contribution is 0.558. The topological polar surface area (TPSA) is 15.3 Å². The summed E-state index contributed by atoms with van der Waals surface area (Å²) in [5.41, 5.74) is 3.08. The zero-order chi connectivity index (χ0) is 13.2. The van der Waals surface area contributed by atoms with E-state index in [0.29, 0.717) is 5.92 Å². The molecular formula is C16H26N2. The van der Waals surface area contributed by atoms with Gasteiger partial charge in [-0.15, -0.1) is 0 Å². The number of benzene rings is 1. The highest BCUT2D eigenvalue weighted by molar-refractivity contribution is 5.56. The highest BCUT2D eigenvalue weighted by atomic mass is 15.2. The second-order valence-electron chi connectivity index (χ2n) is 6.52. The van der Waals surface area contributed by atoms with Gasteiger partial charge in [0.1, 0.15) is 0 Å². The zero-order valence-corrected chi connectivity index (χ0v) is 12.2. The summed E-state index contributed by atoms with van der Waals surface area (Å²) in [6.07, 6.45) is 0. The third-order valence-electron chi connectivity index (χ3n) is 3.64. The van der Waals surface area contributed by atoms with Gasteiger partial charge in [-0.25, -0.2) is 0 Å². The van der Waals surface area contributed by atoms with Crippen LogP contribution in [0.1, 0.15) is 33.3 Å². The smallest absolute Gasteiger partial charge is 0.0404 e. The van der Waals surface area contributed by atoms with Gasteiger partial charge in [0.25, 0.3) is 0 Å². The van der Waals surface area contributed by atoms with E-state index in [0.717, 1.165) is 26.2 Å². The monoisotopic (exact) mass is 246 g/mol. The summed E-state index contributed by atoms with van der Waals surface area (Å²) in [4.78, 5) is 2.55. The van der Waals surface area contributed by atoms with Crippen LogP contribution in [0.3, 0.4) is 0 Å². The number of hydrogen-bond acceptors (Lipinski definition) is 2. The van der Waals surface area contributed by atoms with E-state index in [1.54, 1.807) is 0 Å². The normalized spacial score (nSPS) is 21.8. The van der Waals surface area contributed by atoms with Crippen molar-refractivity contribution in [2.75, 3.05) is 31.1 Å². The van der Waals surface area contributed by atoms with Gasteiger partial charge in [0.2, 0.25) is 0 Å². The molecule has 1 fully saturated rings. The summed E-state index contributed by atoms with van der Waals surface area (Å²) in [5, 5.41) is 3.51. The van der Waals surface area contributed by atoms with Crippen LogP contribution >= 0.6 is 0 Å². The Morgan fingerprint density at radius 3 is 2.67 bits per heavy atom. The lowest BCUT2D eigenvalue weighted by Gasteiger charge is -2.31. The minimum Gasteiger partial charge on any atom is -0.370 e. The molecule has 0 spiro atoms. The van der Waals surface area contributed by atoms with Crippen molar-refractivity contribution >= 4 is 5.69 Å². The first-order valence-electron chi connectivity index (χ1n) is 7.03. The Balaban J connectivity index is 2.32. The van der Waals surface area contributed by atoms with Crippen molar-refractivity contribution in [2.24, 2.45) is 5.92 Å². The molecule has 1 unspecified atom stereocenters. The van der Waals surface area contributed by atoms with E-state index in [1.165, 1.54) is 11.3 Å². The second kappa shape index (κ2) is 5.31. The molecule has 0 saturated carbocycles. The van der Waals surface area contributed by atoms with Crippen LogP contribution < -0.4 is 10.2 Å². The minimum absolute atomic E-state index is 0.208. The molecule has 1 N–H and O–H groups in total. The Bertz CT molecular complexity index is 392. The van der Waals surface area contributed by atoms with Crippen molar-refractivity contribution in [1.29, 1.82) is 0 Å². The largest absolute Gasteiger partial charge is 0.370 e. The maximum absolute atomic E-state index is 3.51. The zero-order valence-electron chi connectivity index (χ0n) is 12.2. The van der Waals surface area contributed by atoms with Crippen LogP contribution in [0.5, 0.6) is 0 Å². The van der Waals surface area contributed by atoms with Gasteiger partial charge in [0.05, 0.1) is 0 Å². The third-order valence-corrected chi connectivity index (χ3v) is 3.64. The number of rotatable bonds is 1. The van der Waals surface area contributed by atoms with Crippen LogP contribution in [0, 0.1) is 5.92 Å². The molecule has 0 radical (unpaired) electrons. The van der Waals surface area contributed by atoms with Gasteiger partial charge in [0.15, 0.2) is 0 Å². The molecule has 1 aromatic carbocycles. The first-order chi connectivity index (χ1) is 8.48. The standard InChI is InChI=1S/C16H26N2/c1-13-11-17-9-10-18(12-13)15-8-6-5-7-14(15)16(2,3)4/h5-8,13,17H,9-12H2,1-4H3. The summed E-state index contributed by atoms with van der Waals surface area (Å²) >= 11 is 0. The van der Waals surface area contributed by atoms with Gasteiger partial charge in [-0.1, -0.05) is 45.9 Å². The summed E-state index contributed by atoms with van der Waals surface area (Å²) in [6, 6.07) is 8.87. The fraction of sp³-hybridized carbons (Fsp3) is 0.625. The van der Waals surface area contributed by atoms with Crippen molar-refractivity contribution in [3.05, 3.63) is 29.8 Å². The minimum atomic E-state index is 0.208. The number of hydrogen-bond donors (Lipinski definition) is 1. The van der Waals surface area contributed by atoms with Crippen LogP contribution in [-0.4, -0.2) is 26.2 Å². The average molecular weight is 246 g/mol. The van der Waals surface area contributed by atoms with E-state index >= 15 is 0 Å². The van der Waals surface area contributed by atoms with Crippen LogP contribution in [0.2, 0.25) is 0 Å². The predicted octanol–water partition coefficient (Wildman–Crippen LogP) is 3.03. The van der Waals surface area contributed by atoms with Crippen molar-refractivity contribution in [1.82, 2.24) is 5.32 Å². The summed E-state index contributed by atoms with van der Waals surface area (Å²) in [5.74, 6) is 0.709. The molecule has 0 aromatic heterocycles. The third kappa shape index (κ3) is 3.05. The first kappa shape index (κ1) is 13.4. The van der Waals surface area contributed by atoms with Crippen LogP contribution in [-0.2, 0) is 5.41 Å². The molecule has 1 aliphatic heterocycles. The fourth-order valence-corrected chi connectivity index (χ4v) is 2.70. The summed E-state index contributed by atoms with van der Waals surface area (Å²) in [6.45, 7) is 13.7. The lowest BCUT2D eigenvalue weighted by Crippen LogP contribution is -2.31. The highest BCUT2D eigenvalue weighted by Crippen LogP contribution is 2.32. The van der Waals surface area contributed by atoms with E-state index in [1.807, 2.05) is 0 Å². The quantitative estimate of drug-likeness (QED) is 0.819. The van der Waals surface area contributed by atoms with Crippen molar-refractivity contribution in [3.8, 4) is 0 Å². The molecule has 1 heterocycles. The van der Waals surface area contributed by atoms with E-state index in [4.69, 9.17) is 0 Å². The molecule has 2 heteroatoms. The molecule has 0 amide bonds. The SMILES string of the molecule is CC1CNCCN(c2ccccc2C(C)(C)C)C1. The van der Waals surface area contributed by atoms with Crippen molar-refractivity contribution in [3.63, 3.8) is 0 Å². The van der Waals surface area contributed by atoms with E-state index in [2.05, 4.69) is 62.2 Å². The molecule has 0 aliphatic carbocycles. The Labute approximate surface area is 111 Å². The molecule has 2 rings (SSSR count). The summed E-state index contributed by atoms with van der Waals surface area (Å²) in [7, 11) is 0. The number of anilines is 1. The molecule has 1 aliphatic rings. The maximum atomic E-state index is 3.51. The molecule has 1 aromatic rings. The highest BCUT2D eigenvalue weighted by Gasteiger charge is 2.22. The van der Waals surface area contributed by atoms with E-state index in [9.17, 15) is 0 Å². The maximum Gasteiger partial charge on any atom is 0.0404 e. The summed E-state index contributed by atoms with van der Waals surface area (Å²) < 4.78 is 0.